The summed E-state index contributed by atoms with van der Waals surface area (Å²) in [5, 5.41) is 10.5. The summed E-state index contributed by atoms with van der Waals surface area (Å²) in [7, 11) is 2.05. The van der Waals surface area contributed by atoms with Crippen molar-refractivity contribution in [1.82, 2.24) is 10.3 Å². The minimum Gasteiger partial charge on any atom is -0.391 e. The normalized spacial score (nSPS) is 12.6. The van der Waals surface area contributed by atoms with Crippen molar-refractivity contribution in [1.29, 1.82) is 0 Å². The van der Waals surface area contributed by atoms with Crippen LogP contribution in [0.5, 0.6) is 0 Å². The topological polar surface area (TPSA) is 27.6 Å². The van der Waals surface area contributed by atoms with Crippen LogP contribution < -0.4 is 5.32 Å². The molecule has 0 amide bonds. The summed E-state index contributed by atoms with van der Waals surface area (Å²) in [5.74, 6) is 1.12. The molecule has 0 aliphatic heterocycles. The number of hydrazone groups is 1. The van der Waals surface area contributed by atoms with Gasteiger partial charge in [0, 0.05) is 31.4 Å². The van der Waals surface area contributed by atoms with Crippen molar-refractivity contribution in [2.24, 2.45) is 16.9 Å². The monoisotopic (exact) mass is 491 g/mol. The molecule has 35 heavy (non-hydrogen) atoms. The molecule has 0 spiro atoms. The second-order valence-electron chi connectivity index (χ2n) is 8.65. The maximum Gasteiger partial charge on any atom is 0.0419 e. The number of allylic oxidation sites excluding steroid dienone is 1. The maximum atomic E-state index is 6.04. The van der Waals surface area contributed by atoms with Crippen molar-refractivity contribution in [2.75, 3.05) is 20.1 Å². The molecule has 1 N–H and O–H groups in total. The standard InChI is InChI=1S/C29H40ClN3.C2H2/c1-4-31-22-21-27(23-26-11-7-6-8-12-26)13-9-10-14-28(24-33(3)32-5-2)16-15-25-17-19-29(30)20-18-25;1-2/h4-8,10-12,14,17-20,27-28,31H,1,9,13,15-16,21-24H2,2-3H3;1-2H/b14-10-,32-5-;. The van der Waals surface area contributed by atoms with E-state index in [0.717, 1.165) is 50.2 Å². The van der Waals surface area contributed by atoms with Gasteiger partial charge in [-0.3, -0.25) is 5.01 Å². The third-order valence-corrected chi connectivity index (χ3v) is 6.14. The van der Waals surface area contributed by atoms with Gasteiger partial charge in [0.15, 0.2) is 0 Å². The highest BCUT2D eigenvalue weighted by Crippen LogP contribution is 2.20. The van der Waals surface area contributed by atoms with Gasteiger partial charge in [-0.15, -0.1) is 12.8 Å². The molecular weight excluding hydrogens is 450 g/mol. The molecular formula is C31H42ClN3. The molecule has 0 bridgehead atoms. The molecule has 2 rings (SSSR count). The van der Waals surface area contributed by atoms with E-state index in [-0.39, 0.29) is 0 Å². The number of aryl methyl sites for hydroxylation is 1. The quantitative estimate of drug-likeness (QED) is 0.0870. The van der Waals surface area contributed by atoms with Crippen LogP contribution in [0.25, 0.3) is 0 Å². The van der Waals surface area contributed by atoms with Crippen LogP contribution in [-0.4, -0.2) is 31.4 Å². The molecule has 3 nitrogen and oxygen atoms in total. The summed E-state index contributed by atoms with van der Waals surface area (Å²) in [6.07, 6.45) is 23.1. The van der Waals surface area contributed by atoms with E-state index in [1.54, 1.807) is 6.20 Å². The molecule has 0 saturated carbocycles. The molecule has 0 fully saturated rings. The molecule has 0 saturated heterocycles. The third-order valence-electron chi connectivity index (χ3n) is 5.89. The Hall–Kier alpha value is -2.96. The van der Waals surface area contributed by atoms with Crippen LogP contribution in [0.15, 0.2) is 84.6 Å². The first-order valence-electron chi connectivity index (χ1n) is 12.4. The first-order valence-corrected chi connectivity index (χ1v) is 12.8. The van der Waals surface area contributed by atoms with Crippen LogP contribution in [0, 0.1) is 24.7 Å². The fourth-order valence-corrected chi connectivity index (χ4v) is 4.27. The Morgan fingerprint density at radius 3 is 2.40 bits per heavy atom. The second-order valence-corrected chi connectivity index (χ2v) is 9.08. The van der Waals surface area contributed by atoms with Gasteiger partial charge in [-0.2, -0.15) is 5.10 Å². The van der Waals surface area contributed by atoms with Crippen LogP contribution in [0.3, 0.4) is 0 Å². The van der Waals surface area contributed by atoms with E-state index in [0.29, 0.717) is 11.8 Å². The fraction of sp³-hybridized carbons (Fsp3) is 0.387. The molecule has 188 valence electrons. The predicted octanol–water partition coefficient (Wildman–Crippen LogP) is 7.39. The SMILES string of the molecule is C#C.C=CNCCC(CC/C=C\C(CCc1ccc(Cl)cc1)CN(C)/N=C\C)Cc1ccccc1. The Morgan fingerprint density at radius 1 is 1.03 bits per heavy atom. The summed E-state index contributed by atoms with van der Waals surface area (Å²) in [6.45, 7) is 7.64. The zero-order valence-corrected chi connectivity index (χ0v) is 22.2. The number of nitrogens with zero attached hydrogens (tertiary/aromatic N) is 2. The molecule has 0 radical (unpaired) electrons. The highest BCUT2D eigenvalue weighted by Gasteiger charge is 2.11. The predicted molar refractivity (Wildman–Crippen MR) is 155 cm³/mol. The lowest BCUT2D eigenvalue weighted by Crippen LogP contribution is -2.20. The fourth-order valence-electron chi connectivity index (χ4n) is 4.14. The van der Waals surface area contributed by atoms with Gasteiger partial charge in [0.2, 0.25) is 0 Å². The number of terminal acetylenes is 1. The number of hydrogen-bond acceptors (Lipinski definition) is 3. The van der Waals surface area contributed by atoms with Gasteiger partial charge in [-0.25, -0.2) is 0 Å². The number of halogens is 1. The third kappa shape index (κ3) is 14.1. The summed E-state index contributed by atoms with van der Waals surface area (Å²) in [5.41, 5.74) is 2.75. The van der Waals surface area contributed by atoms with E-state index in [1.807, 2.05) is 37.3 Å². The van der Waals surface area contributed by atoms with Gasteiger partial charge >= 0.3 is 0 Å². The van der Waals surface area contributed by atoms with Crippen molar-refractivity contribution in [3.8, 4) is 12.8 Å². The minimum atomic E-state index is 0.462. The van der Waals surface area contributed by atoms with E-state index >= 15 is 0 Å². The Balaban J connectivity index is 0.00000298. The lowest BCUT2D eigenvalue weighted by Gasteiger charge is -2.20. The number of nitrogens with one attached hydrogen (secondary N) is 1. The van der Waals surface area contributed by atoms with Crippen LogP contribution >= 0.6 is 11.6 Å². The summed E-state index contributed by atoms with van der Waals surface area (Å²) in [4.78, 5) is 0. The molecule has 2 unspecified atom stereocenters. The van der Waals surface area contributed by atoms with Crippen LogP contribution in [0.2, 0.25) is 5.02 Å². The van der Waals surface area contributed by atoms with Gasteiger partial charge in [0.25, 0.3) is 0 Å². The second kappa shape index (κ2) is 19.4. The highest BCUT2D eigenvalue weighted by atomic mass is 35.5. The van der Waals surface area contributed by atoms with E-state index in [9.17, 15) is 0 Å². The Labute approximate surface area is 219 Å². The van der Waals surface area contributed by atoms with E-state index in [4.69, 9.17) is 11.6 Å². The average Bonchev–Trinajstić information content (AvgIpc) is 2.88. The average molecular weight is 492 g/mol. The highest BCUT2D eigenvalue weighted by molar-refractivity contribution is 6.30. The van der Waals surface area contributed by atoms with E-state index in [1.165, 1.54) is 17.5 Å². The van der Waals surface area contributed by atoms with Crippen LogP contribution in [0.4, 0.5) is 0 Å². The van der Waals surface area contributed by atoms with Gasteiger partial charge < -0.3 is 5.32 Å². The Bertz CT molecular complexity index is 871. The van der Waals surface area contributed by atoms with Crippen molar-refractivity contribution in [2.45, 2.75) is 45.4 Å². The van der Waals surface area contributed by atoms with Crippen molar-refractivity contribution in [3.05, 3.63) is 95.7 Å². The largest absolute Gasteiger partial charge is 0.391 e. The molecule has 2 aromatic rings. The van der Waals surface area contributed by atoms with E-state index in [2.05, 4.69) is 84.5 Å². The molecule has 0 aliphatic carbocycles. The van der Waals surface area contributed by atoms with Crippen molar-refractivity contribution in [3.63, 3.8) is 0 Å². The number of benzene rings is 2. The Kier molecular flexibility index (Phi) is 16.6. The smallest absolute Gasteiger partial charge is 0.0419 e. The van der Waals surface area contributed by atoms with Gasteiger partial charge in [0.05, 0.1) is 0 Å². The van der Waals surface area contributed by atoms with Gasteiger partial charge in [0.1, 0.15) is 0 Å². The summed E-state index contributed by atoms with van der Waals surface area (Å²) >= 11 is 6.04. The lowest BCUT2D eigenvalue weighted by molar-refractivity contribution is 0.308. The zero-order chi connectivity index (χ0) is 25.7. The zero-order valence-electron chi connectivity index (χ0n) is 21.5. The maximum absolute atomic E-state index is 6.04. The van der Waals surface area contributed by atoms with Gasteiger partial charge in [-0.05, 0) is 86.7 Å². The lowest BCUT2D eigenvalue weighted by atomic mass is 9.91. The summed E-state index contributed by atoms with van der Waals surface area (Å²) in [6, 6.07) is 19.0. The molecule has 2 aromatic carbocycles. The molecule has 4 heteroatoms. The van der Waals surface area contributed by atoms with Gasteiger partial charge in [-0.1, -0.05) is 72.8 Å². The number of rotatable bonds is 16. The first kappa shape index (κ1) is 30.1. The van der Waals surface area contributed by atoms with Crippen molar-refractivity contribution >= 4 is 17.8 Å². The first-order chi connectivity index (χ1) is 17.1. The number of hydrogen-bond donors (Lipinski definition) is 1. The minimum absolute atomic E-state index is 0.462. The Morgan fingerprint density at radius 2 is 1.74 bits per heavy atom. The van der Waals surface area contributed by atoms with Crippen LogP contribution in [-0.2, 0) is 12.8 Å². The van der Waals surface area contributed by atoms with E-state index < -0.39 is 0 Å². The molecule has 2 atom stereocenters. The molecule has 0 aliphatic rings. The molecule has 0 heterocycles. The molecule has 0 aromatic heterocycles. The van der Waals surface area contributed by atoms with Crippen molar-refractivity contribution < 1.29 is 0 Å². The summed E-state index contributed by atoms with van der Waals surface area (Å²) < 4.78 is 0. The van der Waals surface area contributed by atoms with Crippen LogP contribution in [0.1, 0.15) is 43.7 Å².